The second-order valence-corrected chi connectivity index (χ2v) is 4.18. The van der Waals surface area contributed by atoms with E-state index in [1.165, 1.54) is 0 Å². The van der Waals surface area contributed by atoms with E-state index in [4.69, 9.17) is 4.74 Å². The molecule has 86 valence electrons. The van der Waals surface area contributed by atoms with Crippen molar-refractivity contribution < 1.29 is 9.53 Å². The number of nitrogens with one attached hydrogen (secondary N) is 1. The zero-order valence-corrected chi connectivity index (χ0v) is 9.77. The van der Waals surface area contributed by atoms with Crippen molar-refractivity contribution in [2.24, 2.45) is 5.92 Å². The van der Waals surface area contributed by atoms with E-state index in [1.807, 2.05) is 24.4 Å². The van der Waals surface area contributed by atoms with Crippen LogP contribution in [-0.4, -0.2) is 23.9 Å². The van der Waals surface area contributed by atoms with Crippen LogP contribution in [0.5, 0.6) is 0 Å². The van der Waals surface area contributed by atoms with Crippen molar-refractivity contribution in [1.82, 2.24) is 5.32 Å². The lowest BCUT2D eigenvalue weighted by Gasteiger charge is -2.29. The number of rotatable bonds is 2. The van der Waals surface area contributed by atoms with Crippen molar-refractivity contribution in [3.05, 3.63) is 36.6 Å². The van der Waals surface area contributed by atoms with Gasteiger partial charge in [0.1, 0.15) is 6.10 Å². The largest absolute Gasteiger partial charge is 0.461 e. The Morgan fingerprint density at radius 1 is 1.44 bits per heavy atom. The van der Waals surface area contributed by atoms with Crippen molar-refractivity contribution in [2.75, 3.05) is 5.75 Å². The van der Waals surface area contributed by atoms with E-state index in [9.17, 15) is 4.79 Å². The predicted molar refractivity (Wildman–Crippen MR) is 66.2 cm³/mol. The lowest BCUT2D eigenvalue weighted by molar-refractivity contribution is -0.147. The molecule has 0 fully saturated rings. The summed E-state index contributed by atoms with van der Waals surface area (Å²) in [6.45, 7) is 0. The van der Waals surface area contributed by atoms with Gasteiger partial charge in [0.2, 0.25) is 0 Å². The summed E-state index contributed by atoms with van der Waals surface area (Å²) in [5.74, 6) is 0.0686. The van der Waals surface area contributed by atoms with Crippen molar-refractivity contribution in [1.29, 1.82) is 0 Å². The fourth-order valence-corrected chi connectivity index (χ4v) is 2.09. The first-order valence-electron chi connectivity index (χ1n) is 5.37. The second kappa shape index (κ2) is 5.25. The highest BCUT2D eigenvalue weighted by molar-refractivity contribution is 7.81. The minimum absolute atomic E-state index is 0.0999. The number of thiol groups is 1. The summed E-state index contributed by atoms with van der Waals surface area (Å²) >= 11 is 3.92. The zero-order chi connectivity index (χ0) is 11.4. The third-order valence-corrected chi connectivity index (χ3v) is 3.05. The molecular weight excluding hydrogens is 222 g/mol. The molecule has 3 atom stereocenters. The summed E-state index contributed by atoms with van der Waals surface area (Å²) in [6, 6.07) is 0.210. The number of carbonyl (C=O) groups excluding carboxylic acids is 1. The summed E-state index contributed by atoms with van der Waals surface area (Å²) in [7, 11) is 0. The number of fused-ring (bicyclic) bond motifs is 1. The summed E-state index contributed by atoms with van der Waals surface area (Å²) < 4.78 is 5.40. The highest BCUT2D eigenvalue weighted by atomic mass is 32.1. The molecule has 3 unspecified atom stereocenters. The standard InChI is InChI=1S/C12H15NO2S/c14-12(8-16)15-11-6-3-7-13-10-5-2-1-4-9(10)11/h1-5,7,9-11,13,16H,6,8H2. The molecule has 0 saturated carbocycles. The van der Waals surface area contributed by atoms with Gasteiger partial charge in [0.25, 0.3) is 0 Å². The molecule has 1 aliphatic heterocycles. The highest BCUT2D eigenvalue weighted by Crippen LogP contribution is 2.24. The molecule has 2 aliphatic rings. The number of hydrogen-bond donors (Lipinski definition) is 2. The van der Waals surface area contributed by atoms with Crippen LogP contribution in [-0.2, 0) is 9.53 Å². The monoisotopic (exact) mass is 237 g/mol. The first-order chi connectivity index (χ1) is 7.81. The van der Waals surface area contributed by atoms with Gasteiger partial charge in [-0.05, 0) is 6.20 Å². The third-order valence-electron chi connectivity index (χ3n) is 2.79. The van der Waals surface area contributed by atoms with E-state index in [0.29, 0.717) is 0 Å². The van der Waals surface area contributed by atoms with Crippen LogP contribution in [0, 0.1) is 5.92 Å². The van der Waals surface area contributed by atoms with Crippen molar-refractivity contribution >= 4 is 18.6 Å². The topological polar surface area (TPSA) is 38.3 Å². The van der Waals surface area contributed by atoms with E-state index in [-0.39, 0.29) is 29.8 Å². The van der Waals surface area contributed by atoms with Gasteiger partial charge in [0.05, 0.1) is 11.8 Å². The number of allylic oxidation sites excluding steroid dienone is 2. The number of hydrogen-bond acceptors (Lipinski definition) is 4. The molecular formula is C12H15NO2S. The average Bonchev–Trinajstić information content (AvgIpc) is 2.52. The van der Waals surface area contributed by atoms with E-state index < -0.39 is 0 Å². The Labute approximate surface area is 101 Å². The van der Waals surface area contributed by atoms with E-state index in [0.717, 1.165) is 6.42 Å². The van der Waals surface area contributed by atoms with Crippen LogP contribution in [0.2, 0.25) is 0 Å². The number of esters is 1. The minimum Gasteiger partial charge on any atom is -0.461 e. The maximum atomic E-state index is 11.3. The molecule has 1 N–H and O–H groups in total. The Kier molecular flexibility index (Phi) is 3.72. The average molecular weight is 237 g/mol. The van der Waals surface area contributed by atoms with Gasteiger partial charge >= 0.3 is 5.97 Å². The summed E-state index contributed by atoms with van der Waals surface area (Å²) in [5, 5.41) is 3.28. The van der Waals surface area contributed by atoms with Crippen LogP contribution in [0.15, 0.2) is 36.6 Å². The van der Waals surface area contributed by atoms with Crippen LogP contribution >= 0.6 is 12.6 Å². The normalized spacial score (nSPS) is 31.4. The first kappa shape index (κ1) is 11.3. The first-order valence-corrected chi connectivity index (χ1v) is 6.01. The second-order valence-electron chi connectivity index (χ2n) is 3.86. The van der Waals surface area contributed by atoms with Gasteiger partial charge in [-0.25, -0.2) is 0 Å². The fraction of sp³-hybridized carbons (Fsp3) is 0.417. The molecule has 0 aromatic rings. The summed E-state index contributed by atoms with van der Waals surface area (Å²) in [5.41, 5.74) is 0. The molecule has 0 amide bonds. The van der Waals surface area contributed by atoms with Crippen LogP contribution < -0.4 is 5.32 Å². The summed E-state index contributed by atoms with van der Waals surface area (Å²) in [6.07, 6.45) is 12.7. The molecule has 1 heterocycles. The SMILES string of the molecule is O=C(CS)OC1CC=CNC2C=CC=CC21. The molecule has 4 heteroatoms. The maximum Gasteiger partial charge on any atom is 0.315 e. The number of carbonyl (C=O) groups is 1. The molecule has 0 spiro atoms. The molecule has 0 aromatic heterocycles. The maximum absolute atomic E-state index is 11.3. The van der Waals surface area contributed by atoms with Crippen LogP contribution in [0.3, 0.4) is 0 Å². The number of ether oxygens (including phenoxy) is 1. The molecule has 0 aromatic carbocycles. The van der Waals surface area contributed by atoms with E-state index in [2.05, 4.69) is 30.1 Å². The molecule has 2 rings (SSSR count). The van der Waals surface area contributed by atoms with Crippen molar-refractivity contribution in [3.63, 3.8) is 0 Å². The van der Waals surface area contributed by atoms with Gasteiger partial charge in [-0.15, -0.1) is 0 Å². The zero-order valence-electron chi connectivity index (χ0n) is 8.87. The Morgan fingerprint density at radius 3 is 3.06 bits per heavy atom. The molecule has 16 heavy (non-hydrogen) atoms. The van der Waals surface area contributed by atoms with Gasteiger partial charge < -0.3 is 10.1 Å². The van der Waals surface area contributed by atoms with Crippen LogP contribution in [0.25, 0.3) is 0 Å². The fourth-order valence-electron chi connectivity index (χ4n) is 2.02. The van der Waals surface area contributed by atoms with Crippen LogP contribution in [0.4, 0.5) is 0 Å². The minimum atomic E-state index is -0.259. The van der Waals surface area contributed by atoms with Gasteiger partial charge in [0.15, 0.2) is 0 Å². The quantitative estimate of drug-likeness (QED) is 0.564. The molecule has 0 saturated heterocycles. The molecule has 0 bridgehead atoms. The van der Waals surface area contributed by atoms with E-state index in [1.54, 1.807) is 0 Å². The van der Waals surface area contributed by atoms with Gasteiger partial charge in [-0.1, -0.05) is 30.4 Å². The Hall–Kier alpha value is -1.16. The lowest BCUT2D eigenvalue weighted by atomic mass is 9.89. The van der Waals surface area contributed by atoms with Crippen molar-refractivity contribution in [3.8, 4) is 0 Å². The molecule has 0 radical (unpaired) electrons. The van der Waals surface area contributed by atoms with Gasteiger partial charge in [0, 0.05) is 12.3 Å². The van der Waals surface area contributed by atoms with Gasteiger partial charge in [-0.3, -0.25) is 4.79 Å². The highest BCUT2D eigenvalue weighted by Gasteiger charge is 2.30. The third kappa shape index (κ3) is 2.50. The summed E-state index contributed by atoms with van der Waals surface area (Å²) in [4.78, 5) is 11.3. The molecule has 3 nitrogen and oxygen atoms in total. The Morgan fingerprint density at radius 2 is 2.25 bits per heavy atom. The van der Waals surface area contributed by atoms with E-state index >= 15 is 0 Å². The van der Waals surface area contributed by atoms with Gasteiger partial charge in [-0.2, -0.15) is 12.6 Å². The Bertz CT molecular complexity index is 349. The molecule has 1 aliphatic carbocycles. The predicted octanol–water partition coefficient (Wildman–Crippen LogP) is 1.45. The van der Waals surface area contributed by atoms with Crippen LogP contribution in [0.1, 0.15) is 6.42 Å². The Balaban J connectivity index is 2.10. The van der Waals surface area contributed by atoms with Crippen molar-refractivity contribution in [2.45, 2.75) is 18.6 Å². The lowest BCUT2D eigenvalue weighted by Crippen LogP contribution is -2.38. The smallest absolute Gasteiger partial charge is 0.315 e.